The van der Waals surface area contributed by atoms with Crippen LogP contribution in [0, 0.1) is 0 Å². The molecule has 2 fully saturated rings. The predicted octanol–water partition coefficient (Wildman–Crippen LogP) is 1.14. The molecule has 0 unspecified atom stereocenters. The van der Waals surface area contributed by atoms with E-state index in [2.05, 4.69) is 10.3 Å². The fourth-order valence-corrected chi connectivity index (χ4v) is 5.40. The summed E-state index contributed by atoms with van der Waals surface area (Å²) in [5.41, 5.74) is 8.03. The monoisotopic (exact) mass is 521 g/mol. The Balaban J connectivity index is 1.46. The molecule has 2 aromatic rings. The van der Waals surface area contributed by atoms with E-state index in [4.69, 9.17) is 5.73 Å². The Kier molecular flexibility index (Phi) is 9.06. The molecule has 38 heavy (non-hydrogen) atoms. The minimum atomic E-state index is -1.03. The number of hydrogen-bond acceptors (Lipinski definition) is 6. The molecule has 10 nitrogen and oxygen atoms in total. The van der Waals surface area contributed by atoms with Gasteiger partial charge in [0.25, 0.3) is 0 Å². The third kappa shape index (κ3) is 6.74. The van der Waals surface area contributed by atoms with Crippen molar-refractivity contribution in [2.24, 2.45) is 5.73 Å². The second kappa shape index (κ2) is 12.6. The molecule has 1 aromatic carbocycles. The van der Waals surface area contributed by atoms with E-state index in [1.54, 1.807) is 18.5 Å². The highest BCUT2D eigenvalue weighted by atomic mass is 16.4. The molecular formula is C28H35N5O5. The number of benzene rings is 1. The van der Waals surface area contributed by atoms with Crippen LogP contribution in [0.15, 0.2) is 54.9 Å². The van der Waals surface area contributed by atoms with Gasteiger partial charge in [0.15, 0.2) is 0 Å². The number of carbonyl (C=O) groups is 4. The van der Waals surface area contributed by atoms with Gasteiger partial charge in [-0.3, -0.25) is 19.4 Å². The van der Waals surface area contributed by atoms with E-state index in [9.17, 15) is 24.3 Å². The summed E-state index contributed by atoms with van der Waals surface area (Å²) in [5, 5.41) is 12.4. The molecule has 0 bridgehead atoms. The van der Waals surface area contributed by atoms with Crippen LogP contribution in [-0.2, 0) is 32.0 Å². The van der Waals surface area contributed by atoms with Gasteiger partial charge >= 0.3 is 5.97 Å². The third-order valence-electron chi connectivity index (χ3n) is 7.23. The molecular weight excluding hydrogens is 486 g/mol. The van der Waals surface area contributed by atoms with Crippen LogP contribution in [0.3, 0.4) is 0 Å². The Morgan fingerprint density at radius 3 is 2.32 bits per heavy atom. The fourth-order valence-electron chi connectivity index (χ4n) is 5.40. The van der Waals surface area contributed by atoms with Crippen LogP contribution in [0.2, 0.25) is 0 Å². The number of nitrogens with two attached hydrogens (primary N) is 1. The van der Waals surface area contributed by atoms with Crippen molar-refractivity contribution in [3.8, 4) is 0 Å². The summed E-state index contributed by atoms with van der Waals surface area (Å²) in [6, 6.07) is 10.3. The summed E-state index contributed by atoms with van der Waals surface area (Å²) in [6.45, 7) is 0.733. The first-order valence-corrected chi connectivity index (χ1v) is 13.1. The van der Waals surface area contributed by atoms with Crippen molar-refractivity contribution in [1.82, 2.24) is 20.1 Å². The zero-order chi connectivity index (χ0) is 27.1. The number of aliphatic carboxylic acids is 1. The van der Waals surface area contributed by atoms with Gasteiger partial charge in [0.1, 0.15) is 18.1 Å². The first-order chi connectivity index (χ1) is 18.3. The standard InChI is InChI=1S/C28H35N5O5/c29-21(15-19-7-2-1-3-8-19)17-25(34)31-22(16-20-9-4-12-30-18-20)26(35)32-13-5-10-23(32)27(36)33-14-6-11-24(33)28(37)38/h1-4,7-9,12,18,21-24H,5-6,10-11,13-17,29H2,(H,31,34)(H,37,38)/t21-,22-,23-,24-/m0/s1. The van der Waals surface area contributed by atoms with Crippen LogP contribution >= 0.6 is 0 Å². The molecule has 4 rings (SSSR count). The smallest absolute Gasteiger partial charge is 0.326 e. The summed E-state index contributed by atoms with van der Waals surface area (Å²) < 4.78 is 0. The van der Waals surface area contributed by atoms with Gasteiger partial charge in [-0.25, -0.2) is 4.79 Å². The minimum absolute atomic E-state index is 0.0438. The Morgan fingerprint density at radius 1 is 0.947 bits per heavy atom. The lowest BCUT2D eigenvalue weighted by Crippen LogP contribution is -2.56. The number of hydrogen-bond donors (Lipinski definition) is 3. The number of carboxylic acid groups (broad SMARTS) is 1. The van der Waals surface area contributed by atoms with Crippen LogP contribution < -0.4 is 11.1 Å². The maximum absolute atomic E-state index is 13.8. The van der Waals surface area contributed by atoms with Crippen LogP contribution in [0.5, 0.6) is 0 Å². The number of pyridine rings is 1. The van der Waals surface area contributed by atoms with Crippen LogP contribution in [-0.4, -0.2) is 80.8 Å². The van der Waals surface area contributed by atoms with E-state index in [-0.39, 0.29) is 30.6 Å². The number of rotatable bonds is 10. The topological polar surface area (TPSA) is 146 Å². The molecule has 202 valence electrons. The summed E-state index contributed by atoms with van der Waals surface area (Å²) in [4.78, 5) is 58.8. The average molecular weight is 522 g/mol. The second-order valence-corrected chi connectivity index (χ2v) is 10.1. The molecule has 0 spiro atoms. The molecule has 3 heterocycles. The number of amides is 3. The van der Waals surface area contributed by atoms with Crippen molar-refractivity contribution in [3.63, 3.8) is 0 Å². The summed E-state index contributed by atoms with van der Waals surface area (Å²) in [5.74, 6) is -2.07. The van der Waals surface area contributed by atoms with Gasteiger partial charge in [-0.15, -0.1) is 0 Å². The lowest BCUT2D eigenvalue weighted by Gasteiger charge is -2.32. The van der Waals surface area contributed by atoms with Crippen molar-refractivity contribution in [1.29, 1.82) is 0 Å². The molecule has 4 atom stereocenters. The Hall–Kier alpha value is -3.79. The highest BCUT2D eigenvalue weighted by Gasteiger charge is 2.43. The zero-order valence-electron chi connectivity index (χ0n) is 21.4. The van der Waals surface area contributed by atoms with Crippen LogP contribution in [0.1, 0.15) is 43.2 Å². The van der Waals surface area contributed by atoms with E-state index in [1.165, 1.54) is 9.80 Å². The van der Waals surface area contributed by atoms with Crippen molar-refractivity contribution in [3.05, 3.63) is 66.0 Å². The molecule has 0 aliphatic carbocycles. The van der Waals surface area contributed by atoms with Gasteiger partial charge in [-0.1, -0.05) is 36.4 Å². The van der Waals surface area contributed by atoms with Gasteiger partial charge in [-0.05, 0) is 49.3 Å². The highest BCUT2D eigenvalue weighted by molar-refractivity contribution is 5.94. The van der Waals surface area contributed by atoms with Crippen molar-refractivity contribution in [2.75, 3.05) is 13.1 Å². The quantitative estimate of drug-likeness (QED) is 0.425. The number of aromatic nitrogens is 1. The lowest BCUT2D eigenvalue weighted by atomic mass is 10.0. The predicted molar refractivity (Wildman–Crippen MR) is 140 cm³/mol. The maximum Gasteiger partial charge on any atom is 0.326 e. The Labute approximate surface area is 222 Å². The third-order valence-corrected chi connectivity index (χ3v) is 7.23. The number of carbonyl (C=O) groups excluding carboxylic acids is 3. The first kappa shape index (κ1) is 27.3. The number of carboxylic acids is 1. The number of likely N-dealkylation sites (tertiary alicyclic amines) is 2. The van der Waals surface area contributed by atoms with E-state index >= 15 is 0 Å². The number of nitrogens with one attached hydrogen (secondary N) is 1. The van der Waals surface area contributed by atoms with Gasteiger partial charge in [-0.2, -0.15) is 0 Å². The minimum Gasteiger partial charge on any atom is -0.480 e. The van der Waals surface area contributed by atoms with Crippen LogP contribution in [0.25, 0.3) is 0 Å². The largest absolute Gasteiger partial charge is 0.480 e. The number of nitrogens with zero attached hydrogens (tertiary/aromatic N) is 3. The summed E-state index contributed by atoms with van der Waals surface area (Å²) in [7, 11) is 0. The molecule has 2 aliphatic heterocycles. The normalized spacial score (nSPS) is 20.7. The molecule has 4 N–H and O–H groups in total. The van der Waals surface area contributed by atoms with Crippen LogP contribution in [0.4, 0.5) is 0 Å². The second-order valence-electron chi connectivity index (χ2n) is 10.1. The molecule has 2 saturated heterocycles. The maximum atomic E-state index is 13.8. The van der Waals surface area contributed by atoms with Gasteiger partial charge in [0.05, 0.1) is 0 Å². The van der Waals surface area contributed by atoms with E-state index < -0.39 is 30.1 Å². The highest BCUT2D eigenvalue weighted by Crippen LogP contribution is 2.26. The molecule has 10 heteroatoms. The van der Waals surface area contributed by atoms with Crippen molar-refractivity contribution >= 4 is 23.7 Å². The molecule has 0 saturated carbocycles. The van der Waals surface area contributed by atoms with Crippen molar-refractivity contribution in [2.45, 2.75) is 69.1 Å². The fraction of sp³-hybridized carbons (Fsp3) is 0.464. The van der Waals surface area contributed by atoms with Gasteiger partial charge < -0.3 is 26.0 Å². The van der Waals surface area contributed by atoms with E-state index in [0.717, 1.165) is 11.1 Å². The van der Waals surface area contributed by atoms with Crippen molar-refractivity contribution < 1.29 is 24.3 Å². The molecule has 2 aliphatic rings. The lowest BCUT2D eigenvalue weighted by molar-refractivity contribution is -0.152. The van der Waals surface area contributed by atoms with Gasteiger partial charge in [0, 0.05) is 44.4 Å². The Bertz CT molecular complexity index is 1130. The summed E-state index contributed by atoms with van der Waals surface area (Å²) >= 11 is 0. The SMILES string of the molecule is N[C@H](CC(=O)N[C@@H](Cc1cccnc1)C(=O)N1CCC[C@H]1C(=O)N1CCC[C@H]1C(=O)O)Cc1ccccc1. The summed E-state index contributed by atoms with van der Waals surface area (Å²) in [6.07, 6.45) is 6.17. The van der Waals surface area contributed by atoms with E-state index in [1.807, 2.05) is 36.4 Å². The zero-order valence-corrected chi connectivity index (χ0v) is 21.4. The molecule has 1 aromatic heterocycles. The average Bonchev–Trinajstić information content (AvgIpc) is 3.59. The van der Waals surface area contributed by atoms with Gasteiger partial charge in [0.2, 0.25) is 17.7 Å². The molecule has 0 radical (unpaired) electrons. The first-order valence-electron chi connectivity index (χ1n) is 13.1. The van der Waals surface area contributed by atoms with E-state index in [0.29, 0.717) is 45.2 Å². The Morgan fingerprint density at radius 2 is 1.63 bits per heavy atom. The molecule has 3 amide bonds.